The van der Waals surface area contributed by atoms with Gasteiger partial charge in [-0.15, -0.1) is 0 Å². The molecule has 4 fully saturated rings. The van der Waals surface area contributed by atoms with E-state index in [2.05, 4.69) is 27.7 Å². The van der Waals surface area contributed by atoms with Crippen LogP contribution < -0.4 is 0 Å². The van der Waals surface area contributed by atoms with Crippen molar-refractivity contribution < 1.29 is 14.9 Å². The van der Waals surface area contributed by atoms with E-state index < -0.39 is 0 Å². The molecule has 30 heavy (non-hydrogen) atoms. The molecule has 5 rings (SSSR count). The zero-order chi connectivity index (χ0) is 21.3. The molecule has 0 aromatic carbocycles. The lowest BCUT2D eigenvalue weighted by Gasteiger charge is -2.60. The lowest BCUT2D eigenvalue weighted by atomic mass is 9.44. The first kappa shape index (κ1) is 21.3. The molecule has 0 unspecified atom stereocenters. The van der Waals surface area contributed by atoms with Crippen LogP contribution in [0.3, 0.4) is 0 Å². The van der Waals surface area contributed by atoms with Crippen molar-refractivity contribution in [1.29, 1.82) is 0 Å². The summed E-state index contributed by atoms with van der Waals surface area (Å²) in [6, 6.07) is 0. The molecule has 2 N–H and O–H groups in total. The van der Waals surface area contributed by atoms with Crippen LogP contribution in [0.4, 0.5) is 0 Å². The normalized spacial score (nSPS) is 50.9. The topological polar surface area (TPSA) is 49.7 Å². The van der Waals surface area contributed by atoms with Crippen LogP contribution in [0.2, 0.25) is 0 Å². The van der Waals surface area contributed by atoms with Gasteiger partial charge in [0.05, 0.1) is 11.9 Å². The van der Waals surface area contributed by atoms with Crippen molar-refractivity contribution in [3.63, 3.8) is 0 Å². The van der Waals surface area contributed by atoms with Gasteiger partial charge < -0.3 is 14.9 Å². The average molecular weight is 417 g/mol. The molecule has 3 heteroatoms. The van der Waals surface area contributed by atoms with Gasteiger partial charge in [-0.2, -0.15) is 0 Å². The second-order valence-corrected chi connectivity index (χ2v) is 12.4. The fourth-order valence-corrected chi connectivity index (χ4v) is 9.29. The van der Waals surface area contributed by atoms with Crippen molar-refractivity contribution in [2.75, 3.05) is 6.61 Å². The highest BCUT2D eigenvalue weighted by Gasteiger charge is 2.64. The minimum atomic E-state index is -0.0486. The largest absolute Gasteiger partial charge is 0.494 e. The van der Waals surface area contributed by atoms with Crippen molar-refractivity contribution in [2.24, 2.45) is 46.3 Å². The second-order valence-electron chi connectivity index (χ2n) is 12.4. The summed E-state index contributed by atoms with van der Waals surface area (Å²) in [6.07, 6.45) is 12.4. The number of hydrogen-bond acceptors (Lipinski definition) is 3. The van der Waals surface area contributed by atoms with Crippen molar-refractivity contribution in [1.82, 2.24) is 0 Å². The van der Waals surface area contributed by atoms with Gasteiger partial charge in [0.15, 0.2) is 0 Å². The van der Waals surface area contributed by atoms with Gasteiger partial charge in [-0.3, -0.25) is 0 Å². The fraction of sp³-hybridized carbons (Fsp3) is 0.926. The first-order chi connectivity index (χ1) is 14.3. The minimum Gasteiger partial charge on any atom is -0.494 e. The minimum absolute atomic E-state index is 0.0486. The second kappa shape index (κ2) is 7.51. The summed E-state index contributed by atoms with van der Waals surface area (Å²) in [7, 11) is 0. The lowest BCUT2D eigenvalue weighted by molar-refractivity contribution is -0.124. The molecule has 0 amide bonds. The molecule has 10 atom stereocenters. The third-order valence-electron chi connectivity index (χ3n) is 11.0. The van der Waals surface area contributed by atoms with Crippen molar-refractivity contribution in [3.05, 3.63) is 11.3 Å². The van der Waals surface area contributed by atoms with Gasteiger partial charge in [-0.05, 0) is 111 Å². The summed E-state index contributed by atoms with van der Waals surface area (Å²) in [4.78, 5) is 0. The highest BCUT2D eigenvalue weighted by molar-refractivity contribution is 5.26. The quantitative estimate of drug-likeness (QED) is 0.618. The molecule has 0 aromatic rings. The molecule has 5 aliphatic rings. The van der Waals surface area contributed by atoms with Crippen molar-refractivity contribution >= 4 is 0 Å². The smallest absolute Gasteiger partial charge is 0.106 e. The molecule has 0 bridgehead atoms. The van der Waals surface area contributed by atoms with Gasteiger partial charge in [0.1, 0.15) is 6.10 Å². The number of aliphatic hydroxyl groups excluding tert-OH is 2. The van der Waals surface area contributed by atoms with E-state index in [-0.39, 0.29) is 12.7 Å². The number of hydrogen-bond donors (Lipinski definition) is 2. The van der Waals surface area contributed by atoms with Crippen LogP contribution >= 0.6 is 0 Å². The Bertz CT molecular complexity index is 700. The number of fused-ring (bicyclic) bond motifs is 7. The number of allylic oxidation sites excluding steroid dienone is 1. The number of rotatable bonds is 4. The Morgan fingerprint density at radius 2 is 1.80 bits per heavy atom. The number of aliphatic hydroxyl groups is 2. The predicted octanol–water partition coefficient (Wildman–Crippen LogP) is 5.70. The van der Waals surface area contributed by atoms with Crippen LogP contribution in [0.15, 0.2) is 11.3 Å². The molecule has 0 spiro atoms. The van der Waals surface area contributed by atoms with Gasteiger partial charge in [0, 0.05) is 18.9 Å². The van der Waals surface area contributed by atoms with Gasteiger partial charge in [-0.25, -0.2) is 0 Å². The van der Waals surface area contributed by atoms with Gasteiger partial charge in [0.2, 0.25) is 0 Å². The zero-order valence-electron chi connectivity index (χ0n) is 19.7. The molecule has 0 aromatic heterocycles. The highest BCUT2D eigenvalue weighted by atomic mass is 16.5. The Kier molecular flexibility index (Phi) is 5.33. The summed E-state index contributed by atoms with van der Waals surface area (Å²) in [5.74, 6) is 5.49. The lowest BCUT2D eigenvalue weighted by Crippen LogP contribution is -2.54. The van der Waals surface area contributed by atoms with Crippen LogP contribution in [0.5, 0.6) is 0 Å². The Balaban J connectivity index is 1.36. The Labute approximate surface area is 183 Å². The maximum Gasteiger partial charge on any atom is 0.106 e. The first-order valence-electron chi connectivity index (χ1n) is 12.9. The Morgan fingerprint density at radius 1 is 1.03 bits per heavy atom. The Hall–Kier alpha value is -0.540. The Morgan fingerprint density at radius 3 is 2.57 bits per heavy atom. The van der Waals surface area contributed by atoms with Gasteiger partial charge in [-0.1, -0.05) is 20.8 Å². The third kappa shape index (κ3) is 3.04. The van der Waals surface area contributed by atoms with Gasteiger partial charge in [0.25, 0.3) is 0 Å². The first-order valence-corrected chi connectivity index (χ1v) is 12.9. The van der Waals surface area contributed by atoms with Crippen molar-refractivity contribution in [3.8, 4) is 0 Å². The summed E-state index contributed by atoms with van der Waals surface area (Å²) < 4.78 is 6.64. The monoisotopic (exact) mass is 416 g/mol. The van der Waals surface area contributed by atoms with Crippen LogP contribution in [0.25, 0.3) is 0 Å². The fourth-order valence-electron chi connectivity index (χ4n) is 9.29. The molecular weight excluding hydrogens is 372 g/mol. The SMILES string of the molecule is CC1=C(CC[C@@H](C)CO)O[C@@H]2C[C@H]3[C@@H]4CC[C@H]5C[C@@H](O)CC[C@]5(C)[C@H]4CC[C@]3(C)[C@@H]12. The van der Waals surface area contributed by atoms with E-state index in [4.69, 9.17) is 4.74 Å². The van der Waals surface area contributed by atoms with E-state index in [9.17, 15) is 10.2 Å². The molecule has 1 aliphatic heterocycles. The van der Waals surface area contributed by atoms with Gasteiger partial charge >= 0.3 is 0 Å². The molecule has 0 saturated heterocycles. The van der Waals surface area contributed by atoms with Crippen LogP contribution in [-0.4, -0.2) is 29.0 Å². The van der Waals surface area contributed by atoms with Crippen LogP contribution in [0.1, 0.15) is 91.9 Å². The molecule has 1 heterocycles. The van der Waals surface area contributed by atoms with E-state index in [0.717, 1.165) is 49.4 Å². The van der Waals surface area contributed by atoms with E-state index in [1.807, 2.05) is 0 Å². The van der Waals surface area contributed by atoms with Crippen molar-refractivity contribution in [2.45, 2.75) is 104 Å². The maximum absolute atomic E-state index is 10.3. The predicted molar refractivity (Wildman–Crippen MR) is 120 cm³/mol. The van der Waals surface area contributed by atoms with E-state index in [1.165, 1.54) is 49.9 Å². The maximum atomic E-state index is 10.3. The summed E-state index contributed by atoms with van der Waals surface area (Å²) in [5, 5.41) is 19.7. The average Bonchev–Trinajstić information content (AvgIpc) is 3.20. The van der Waals surface area contributed by atoms with E-state index in [1.54, 1.807) is 0 Å². The summed E-state index contributed by atoms with van der Waals surface area (Å²) >= 11 is 0. The third-order valence-corrected chi connectivity index (χ3v) is 11.0. The van der Waals surface area contributed by atoms with Crippen LogP contribution in [-0.2, 0) is 4.74 Å². The molecule has 170 valence electrons. The molecule has 3 nitrogen and oxygen atoms in total. The summed E-state index contributed by atoms with van der Waals surface area (Å²) in [6.45, 7) is 9.94. The van der Waals surface area contributed by atoms with E-state index in [0.29, 0.717) is 28.8 Å². The molecule has 4 aliphatic carbocycles. The standard InChI is InChI=1S/C27H44O3/c1-16(15-28)5-8-23-17(2)25-24(30-23)14-22-20-7-6-18-13-19(29)9-11-26(18,3)21(20)10-12-27(22,25)4/h16,18-22,24-25,28-29H,5-15H2,1-4H3/t16-,18+,19+,20-,21+,22+,24-,25+,26+,27+/m1/s1. The highest BCUT2D eigenvalue weighted by Crippen LogP contribution is 2.69. The zero-order valence-corrected chi connectivity index (χ0v) is 19.7. The molecular formula is C27H44O3. The summed E-state index contributed by atoms with van der Waals surface area (Å²) in [5.41, 5.74) is 2.39. The van der Waals surface area contributed by atoms with E-state index >= 15 is 0 Å². The number of ether oxygens (including phenoxy) is 1. The molecule has 4 saturated carbocycles. The van der Waals surface area contributed by atoms with Crippen LogP contribution in [0, 0.1) is 46.3 Å². The molecule has 0 radical (unpaired) electrons.